The summed E-state index contributed by atoms with van der Waals surface area (Å²) < 4.78 is 0. The molecule has 3 aromatic carbocycles. The van der Waals surface area contributed by atoms with Gasteiger partial charge in [-0.05, 0) is 47.7 Å². The van der Waals surface area contributed by atoms with Crippen LogP contribution in [0.1, 0.15) is 38.8 Å². The van der Waals surface area contributed by atoms with E-state index in [0.29, 0.717) is 27.5 Å². The smallest absolute Gasteiger partial charge is 0.339 e. The number of aromatic carboxylic acids is 1. The molecule has 0 aromatic heterocycles. The Balaban J connectivity index is 2.20. The first-order valence-electron chi connectivity index (χ1n) is 7.68. The van der Waals surface area contributed by atoms with Crippen LogP contribution in [0.3, 0.4) is 0 Å². The molecular formula is C20H16O5. The molecule has 25 heavy (non-hydrogen) atoms. The monoisotopic (exact) mass is 336 g/mol. The van der Waals surface area contributed by atoms with Gasteiger partial charge in [0.25, 0.3) is 0 Å². The van der Waals surface area contributed by atoms with E-state index in [1.807, 2.05) is 0 Å². The van der Waals surface area contributed by atoms with Crippen LogP contribution in [0.2, 0.25) is 0 Å². The van der Waals surface area contributed by atoms with E-state index in [-0.39, 0.29) is 29.3 Å². The first-order valence-corrected chi connectivity index (χ1v) is 7.68. The van der Waals surface area contributed by atoms with E-state index in [2.05, 4.69) is 0 Å². The molecule has 126 valence electrons. The summed E-state index contributed by atoms with van der Waals surface area (Å²) in [6.07, 6.45) is 0.230. The van der Waals surface area contributed by atoms with Crippen LogP contribution in [0.15, 0.2) is 48.5 Å². The van der Waals surface area contributed by atoms with Gasteiger partial charge in [-0.15, -0.1) is 0 Å². The Kier molecular flexibility index (Phi) is 4.15. The van der Waals surface area contributed by atoms with Gasteiger partial charge in [0, 0.05) is 17.4 Å². The second-order valence-electron chi connectivity index (χ2n) is 5.86. The summed E-state index contributed by atoms with van der Waals surface area (Å²) in [5.74, 6) is -1.61. The van der Waals surface area contributed by atoms with Gasteiger partial charge in [0.2, 0.25) is 0 Å². The number of fused-ring (bicyclic) bond motifs is 1. The minimum Gasteiger partial charge on any atom is -0.508 e. The number of carbonyl (C=O) groups excluding carboxylic acids is 1. The average molecular weight is 336 g/mol. The van der Waals surface area contributed by atoms with Crippen LogP contribution < -0.4 is 0 Å². The van der Waals surface area contributed by atoms with Crippen molar-refractivity contribution >= 4 is 22.5 Å². The van der Waals surface area contributed by atoms with E-state index < -0.39 is 5.97 Å². The van der Waals surface area contributed by atoms with Gasteiger partial charge in [-0.3, -0.25) is 4.79 Å². The zero-order valence-electron chi connectivity index (χ0n) is 13.5. The van der Waals surface area contributed by atoms with E-state index in [1.165, 1.54) is 19.1 Å². The van der Waals surface area contributed by atoms with Gasteiger partial charge in [0.15, 0.2) is 5.78 Å². The first kappa shape index (κ1) is 16.5. The standard InChI is InChI=1S/C20H16O5/c1-11(21)12-6-7-18(22)14(8-12)9-13-10-17(20(24)25)19(23)16-5-3-2-4-15(13)16/h2-8,10,22-23H,9H2,1H3,(H,24,25). The van der Waals surface area contributed by atoms with E-state index in [0.717, 1.165) is 0 Å². The second-order valence-corrected chi connectivity index (χ2v) is 5.86. The fraction of sp³-hybridized carbons (Fsp3) is 0.100. The Labute approximate surface area is 143 Å². The van der Waals surface area contributed by atoms with Crippen LogP contribution in [-0.4, -0.2) is 27.1 Å². The fourth-order valence-corrected chi connectivity index (χ4v) is 2.90. The van der Waals surface area contributed by atoms with Crippen LogP contribution >= 0.6 is 0 Å². The lowest BCUT2D eigenvalue weighted by molar-refractivity contribution is 0.0693. The number of hydrogen-bond acceptors (Lipinski definition) is 4. The molecule has 5 heteroatoms. The number of carbonyl (C=O) groups is 2. The summed E-state index contributed by atoms with van der Waals surface area (Å²) in [7, 11) is 0. The minimum atomic E-state index is -1.23. The van der Waals surface area contributed by atoms with Gasteiger partial charge in [0.1, 0.15) is 17.1 Å². The number of Topliss-reactive ketones (excluding diaryl/α,β-unsaturated/α-hetero) is 1. The molecule has 0 radical (unpaired) electrons. The third-order valence-corrected chi connectivity index (χ3v) is 4.20. The molecular weight excluding hydrogens is 320 g/mol. The Morgan fingerprint density at radius 2 is 1.60 bits per heavy atom. The maximum absolute atomic E-state index is 11.6. The van der Waals surface area contributed by atoms with E-state index in [1.54, 1.807) is 36.4 Å². The molecule has 0 amide bonds. The summed E-state index contributed by atoms with van der Waals surface area (Å²) in [4.78, 5) is 23.0. The predicted molar refractivity (Wildman–Crippen MR) is 93.5 cm³/mol. The quantitative estimate of drug-likeness (QED) is 0.631. The van der Waals surface area contributed by atoms with Crippen molar-refractivity contribution in [3.8, 4) is 11.5 Å². The Morgan fingerprint density at radius 3 is 2.24 bits per heavy atom. The molecule has 0 saturated heterocycles. The van der Waals surface area contributed by atoms with Gasteiger partial charge in [-0.2, -0.15) is 0 Å². The largest absolute Gasteiger partial charge is 0.508 e. The third kappa shape index (κ3) is 3.04. The zero-order chi connectivity index (χ0) is 18.1. The van der Waals surface area contributed by atoms with Gasteiger partial charge in [-0.1, -0.05) is 24.3 Å². The highest BCUT2D eigenvalue weighted by molar-refractivity contribution is 6.02. The maximum atomic E-state index is 11.6. The van der Waals surface area contributed by atoms with Crippen molar-refractivity contribution in [2.24, 2.45) is 0 Å². The maximum Gasteiger partial charge on any atom is 0.339 e. The zero-order valence-corrected chi connectivity index (χ0v) is 13.5. The summed E-state index contributed by atoms with van der Waals surface area (Å²) in [5.41, 5.74) is 1.42. The van der Waals surface area contributed by atoms with E-state index >= 15 is 0 Å². The topological polar surface area (TPSA) is 94.8 Å². The molecule has 0 aliphatic carbocycles. The Hall–Kier alpha value is -3.34. The number of ketones is 1. The first-order chi connectivity index (χ1) is 11.9. The SMILES string of the molecule is CC(=O)c1ccc(O)c(Cc2cc(C(=O)O)c(O)c3ccccc23)c1. The van der Waals surface area contributed by atoms with Crippen molar-refractivity contribution < 1.29 is 24.9 Å². The second kappa shape index (κ2) is 6.28. The predicted octanol–water partition coefficient (Wildman–Crippen LogP) is 3.74. The van der Waals surface area contributed by atoms with Crippen LogP contribution in [0.5, 0.6) is 11.5 Å². The van der Waals surface area contributed by atoms with Crippen LogP contribution in [0.4, 0.5) is 0 Å². The number of rotatable bonds is 4. The van der Waals surface area contributed by atoms with Gasteiger partial charge in [-0.25, -0.2) is 4.79 Å². The number of phenols is 2. The van der Waals surface area contributed by atoms with Crippen molar-refractivity contribution in [1.29, 1.82) is 0 Å². The lowest BCUT2D eigenvalue weighted by Crippen LogP contribution is -2.01. The molecule has 3 rings (SSSR count). The third-order valence-electron chi connectivity index (χ3n) is 4.20. The minimum absolute atomic E-state index is 0.0269. The number of hydrogen-bond donors (Lipinski definition) is 3. The van der Waals surface area contributed by atoms with E-state index in [9.17, 15) is 24.9 Å². The summed E-state index contributed by atoms with van der Waals surface area (Å²) in [6, 6.07) is 12.9. The Morgan fingerprint density at radius 1 is 0.920 bits per heavy atom. The molecule has 0 unspecified atom stereocenters. The number of carboxylic acids is 1. The lowest BCUT2D eigenvalue weighted by atomic mass is 9.93. The number of aromatic hydroxyl groups is 2. The molecule has 0 spiro atoms. The highest BCUT2D eigenvalue weighted by Crippen LogP contribution is 2.34. The van der Waals surface area contributed by atoms with Crippen molar-refractivity contribution in [2.45, 2.75) is 13.3 Å². The van der Waals surface area contributed by atoms with E-state index in [4.69, 9.17) is 0 Å². The molecule has 0 aliphatic heterocycles. The van der Waals surface area contributed by atoms with Crippen molar-refractivity contribution in [1.82, 2.24) is 0 Å². The van der Waals surface area contributed by atoms with Gasteiger partial charge < -0.3 is 15.3 Å². The highest BCUT2D eigenvalue weighted by atomic mass is 16.4. The average Bonchev–Trinajstić information content (AvgIpc) is 2.58. The van der Waals surface area contributed by atoms with Crippen LogP contribution in [-0.2, 0) is 6.42 Å². The van der Waals surface area contributed by atoms with Crippen LogP contribution in [0.25, 0.3) is 10.8 Å². The van der Waals surface area contributed by atoms with Crippen molar-refractivity contribution in [3.63, 3.8) is 0 Å². The molecule has 3 aromatic rings. The lowest BCUT2D eigenvalue weighted by Gasteiger charge is -2.12. The Bertz CT molecular complexity index is 1000. The normalized spacial score (nSPS) is 10.8. The number of carboxylic acid groups (broad SMARTS) is 1. The molecule has 0 aliphatic rings. The summed E-state index contributed by atoms with van der Waals surface area (Å²) >= 11 is 0. The van der Waals surface area contributed by atoms with Crippen molar-refractivity contribution in [3.05, 3.63) is 70.8 Å². The fourth-order valence-electron chi connectivity index (χ4n) is 2.90. The molecule has 0 bridgehead atoms. The summed E-state index contributed by atoms with van der Waals surface area (Å²) in [5, 5.41) is 30.8. The van der Waals surface area contributed by atoms with Crippen LogP contribution in [0, 0.1) is 0 Å². The molecule has 0 heterocycles. The number of phenolic OH excluding ortho intramolecular Hbond substituents is 1. The van der Waals surface area contributed by atoms with Gasteiger partial charge >= 0.3 is 5.97 Å². The summed E-state index contributed by atoms with van der Waals surface area (Å²) in [6.45, 7) is 1.44. The molecule has 3 N–H and O–H groups in total. The van der Waals surface area contributed by atoms with Gasteiger partial charge in [0.05, 0.1) is 0 Å². The molecule has 0 atom stereocenters. The van der Waals surface area contributed by atoms with Crippen molar-refractivity contribution in [2.75, 3.05) is 0 Å². The molecule has 5 nitrogen and oxygen atoms in total. The number of benzene rings is 3. The molecule has 0 saturated carbocycles. The highest BCUT2D eigenvalue weighted by Gasteiger charge is 2.17. The molecule has 0 fully saturated rings.